The second kappa shape index (κ2) is 5.39. The quantitative estimate of drug-likeness (QED) is 0.858. The average Bonchev–Trinajstić information content (AvgIpc) is 2.82. The third-order valence-corrected chi connectivity index (χ3v) is 2.57. The van der Waals surface area contributed by atoms with Crippen molar-refractivity contribution in [1.29, 1.82) is 0 Å². The minimum atomic E-state index is 0.821. The summed E-state index contributed by atoms with van der Waals surface area (Å²) in [6.07, 6.45) is 3.74. The number of rotatable bonds is 5. The normalized spacial score (nSPS) is 10.2. The highest BCUT2D eigenvalue weighted by molar-refractivity contribution is 5.57. The summed E-state index contributed by atoms with van der Waals surface area (Å²) < 4.78 is 7.20. The van der Waals surface area contributed by atoms with Crippen LogP contribution in [-0.2, 0) is 6.54 Å². The molecule has 0 aliphatic carbocycles. The summed E-state index contributed by atoms with van der Waals surface area (Å²) in [7, 11) is 1.68. The van der Waals surface area contributed by atoms with Crippen molar-refractivity contribution < 1.29 is 4.74 Å². The van der Waals surface area contributed by atoms with Crippen LogP contribution >= 0.6 is 0 Å². The van der Waals surface area contributed by atoms with Gasteiger partial charge in [0.15, 0.2) is 0 Å². The summed E-state index contributed by atoms with van der Waals surface area (Å²) in [5, 5.41) is 7.51. The van der Waals surface area contributed by atoms with Gasteiger partial charge in [0, 0.05) is 18.9 Å². The van der Waals surface area contributed by atoms with Gasteiger partial charge in [0.2, 0.25) is 0 Å². The van der Waals surface area contributed by atoms with Gasteiger partial charge in [-0.3, -0.25) is 4.68 Å². The van der Waals surface area contributed by atoms with E-state index < -0.39 is 0 Å². The molecule has 0 radical (unpaired) electrons. The Balaban J connectivity index is 1.96. The van der Waals surface area contributed by atoms with Gasteiger partial charge in [-0.05, 0) is 30.7 Å². The Bertz CT molecular complexity index is 466. The fourth-order valence-corrected chi connectivity index (χ4v) is 1.70. The molecule has 17 heavy (non-hydrogen) atoms. The lowest BCUT2D eigenvalue weighted by Crippen LogP contribution is -2.11. The summed E-state index contributed by atoms with van der Waals surface area (Å²) in [6, 6.07) is 8.03. The molecule has 0 aliphatic heterocycles. The van der Waals surface area contributed by atoms with E-state index in [0.29, 0.717) is 0 Å². The molecule has 1 aromatic heterocycles. The number of benzene rings is 1. The minimum Gasteiger partial charge on any atom is -0.495 e. The Morgan fingerprint density at radius 2 is 2.29 bits per heavy atom. The lowest BCUT2D eigenvalue weighted by Gasteiger charge is -2.11. The van der Waals surface area contributed by atoms with Gasteiger partial charge in [0.05, 0.1) is 19.3 Å². The Morgan fingerprint density at radius 3 is 3.00 bits per heavy atom. The monoisotopic (exact) mass is 231 g/mol. The van der Waals surface area contributed by atoms with E-state index in [2.05, 4.69) is 23.4 Å². The minimum absolute atomic E-state index is 0.821. The van der Waals surface area contributed by atoms with Crippen LogP contribution in [-0.4, -0.2) is 23.4 Å². The summed E-state index contributed by atoms with van der Waals surface area (Å²) in [5.41, 5.74) is 2.24. The number of hydrogen-bond acceptors (Lipinski definition) is 3. The number of nitrogens with zero attached hydrogens (tertiary/aromatic N) is 2. The number of methoxy groups -OCH3 is 1. The molecular weight excluding hydrogens is 214 g/mol. The van der Waals surface area contributed by atoms with Crippen LogP contribution in [0.25, 0.3) is 0 Å². The highest BCUT2D eigenvalue weighted by Crippen LogP contribution is 2.24. The van der Waals surface area contributed by atoms with Crippen molar-refractivity contribution in [2.24, 2.45) is 0 Å². The summed E-state index contributed by atoms with van der Waals surface area (Å²) in [5.74, 6) is 0.871. The van der Waals surface area contributed by atoms with Crippen LogP contribution in [0.2, 0.25) is 0 Å². The largest absolute Gasteiger partial charge is 0.495 e. The first-order valence-electron chi connectivity index (χ1n) is 5.65. The van der Waals surface area contributed by atoms with Gasteiger partial charge in [-0.25, -0.2) is 0 Å². The molecule has 0 bridgehead atoms. The van der Waals surface area contributed by atoms with Gasteiger partial charge in [-0.2, -0.15) is 5.10 Å². The second-order valence-corrected chi connectivity index (χ2v) is 3.90. The second-order valence-electron chi connectivity index (χ2n) is 3.90. The molecule has 0 unspecified atom stereocenters. The fraction of sp³-hybridized carbons (Fsp3) is 0.308. The average molecular weight is 231 g/mol. The Kier molecular flexibility index (Phi) is 3.65. The van der Waals surface area contributed by atoms with Crippen LogP contribution in [0.15, 0.2) is 36.7 Å². The zero-order valence-electron chi connectivity index (χ0n) is 10.2. The van der Waals surface area contributed by atoms with Crippen molar-refractivity contribution in [3.8, 4) is 5.75 Å². The topological polar surface area (TPSA) is 39.1 Å². The zero-order valence-corrected chi connectivity index (χ0v) is 10.2. The molecule has 0 fully saturated rings. The maximum Gasteiger partial charge on any atom is 0.141 e. The van der Waals surface area contributed by atoms with Crippen LogP contribution in [0, 0.1) is 6.92 Å². The molecule has 2 rings (SSSR count). The van der Waals surface area contributed by atoms with E-state index in [0.717, 1.165) is 24.5 Å². The highest BCUT2D eigenvalue weighted by atomic mass is 16.5. The number of ether oxygens (including phenoxy) is 1. The third kappa shape index (κ3) is 3.00. The third-order valence-electron chi connectivity index (χ3n) is 2.57. The van der Waals surface area contributed by atoms with Crippen LogP contribution in [0.5, 0.6) is 5.75 Å². The number of aryl methyl sites for hydroxylation is 1. The summed E-state index contributed by atoms with van der Waals surface area (Å²) >= 11 is 0. The molecule has 0 amide bonds. The highest BCUT2D eigenvalue weighted by Gasteiger charge is 2.02. The molecule has 1 N–H and O–H groups in total. The molecule has 4 nitrogen and oxygen atoms in total. The first-order valence-corrected chi connectivity index (χ1v) is 5.65. The molecule has 4 heteroatoms. The Morgan fingerprint density at radius 1 is 1.41 bits per heavy atom. The predicted octanol–water partition coefficient (Wildman–Crippen LogP) is 2.31. The van der Waals surface area contributed by atoms with Gasteiger partial charge in [-0.1, -0.05) is 6.07 Å². The maximum absolute atomic E-state index is 5.30. The van der Waals surface area contributed by atoms with Crippen molar-refractivity contribution in [3.05, 3.63) is 42.2 Å². The van der Waals surface area contributed by atoms with Crippen LogP contribution < -0.4 is 10.1 Å². The predicted molar refractivity (Wildman–Crippen MR) is 68.4 cm³/mol. The summed E-state index contributed by atoms with van der Waals surface area (Å²) in [6.45, 7) is 3.73. The molecule has 90 valence electrons. The van der Waals surface area contributed by atoms with E-state index in [1.54, 1.807) is 13.3 Å². The van der Waals surface area contributed by atoms with Crippen LogP contribution in [0.1, 0.15) is 5.56 Å². The fourth-order valence-electron chi connectivity index (χ4n) is 1.70. The molecule has 1 heterocycles. The van der Waals surface area contributed by atoms with E-state index in [9.17, 15) is 0 Å². The van der Waals surface area contributed by atoms with Crippen LogP contribution in [0.3, 0.4) is 0 Å². The molecular formula is C13H17N3O. The smallest absolute Gasteiger partial charge is 0.141 e. The molecule has 0 spiro atoms. The van der Waals surface area contributed by atoms with E-state index >= 15 is 0 Å². The van der Waals surface area contributed by atoms with Crippen molar-refractivity contribution in [3.63, 3.8) is 0 Å². The Labute approximate surface area is 101 Å². The van der Waals surface area contributed by atoms with Crippen molar-refractivity contribution in [2.45, 2.75) is 13.5 Å². The lowest BCUT2D eigenvalue weighted by atomic mass is 10.2. The molecule has 0 saturated carbocycles. The first-order chi connectivity index (χ1) is 8.29. The molecule has 0 atom stereocenters. The van der Waals surface area contributed by atoms with E-state index in [1.165, 1.54) is 5.56 Å². The number of anilines is 1. The number of hydrogen-bond donors (Lipinski definition) is 1. The van der Waals surface area contributed by atoms with Gasteiger partial charge in [0.1, 0.15) is 5.75 Å². The van der Waals surface area contributed by atoms with Gasteiger partial charge >= 0.3 is 0 Å². The van der Waals surface area contributed by atoms with E-state index in [-0.39, 0.29) is 0 Å². The summed E-state index contributed by atoms with van der Waals surface area (Å²) in [4.78, 5) is 0. The zero-order chi connectivity index (χ0) is 12.1. The standard InChI is InChI=1S/C13H17N3O/c1-11-4-5-13(17-2)12(10-11)14-7-9-16-8-3-6-15-16/h3-6,8,10,14H,7,9H2,1-2H3. The molecule has 1 aromatic carbocycles. The molecule has 0 saturated heterocycles. The van der Waals surface area contributed by atoms with Gasteiger partial charge in [0.25, 0.3) is 0 Å². The van der Waals surface area contributed by atoms with E-state index in [1.807, 2.05) is 29.1 Å². The van der Waals surface area contributed by atoms with Crippen molar-refractivity contribution >= 4 is 5.69 Å². The van der Waals surface area contributed by atoms with Crippen molar-refractivity contribution in [1.82, 2.24) is 9.78 Å². The van der Waals surface area contributed by atoms with Gasteiger partial charge < -0.3 is 10.1 Å². The SMILES string of the molecule is COc1ccc(C)cc1NCCn1cccn1. The van der Waals surface area contributed by atoms with Crippen LogP contribution in [0.4, 0.5) is 5.69 Å². The number of aromatic nitrogens is 2. The van der Waals surface area contributed by atoms with E-state index in [4.69, 9.17) is 4.74 Å². The number of nitrogens with one attached hydrogen (secondary N) is 1. The van der Waals surface area contributed by atoms with Crippen molar-refractivity contribution in [2.75, 3.05) is 19.0 Å². The van der Waals surface area contributed by atoms with Gasteiger partial charge in [-0.15, -0.1) is 0 Å². The lowest BCUT2D eigenvalue weighted by molar-refractivity contribution is 0.416. The first kappa shape index (κ1) is 11.5. The molecule has 0 aliphatic rings. The molecule has 2 aromatic rings. The Hall–Kier alpha value is -1.97. The maximum atomic E-state index is 5.30.